The van der Waals surface area contributed by atoms with Crippen LogP contribution in [0.3, 0.4) is 0 Å². The zero-order valence-electron chi connectivity index (χ0n) is 10.3. The van der Waals surface area contributed by atoms with E-state index in [-0.39, 0.29) is 29.3 Å². The van der Waals surface area contributed by atoms with Crippen LogP contribution in [-0.2, 0) is 14.3 Å². The molecule has 4 aliphatic rings. The maximum Gasteiger partial charge on any atom is 0.175 e. The van der Waals surface area contributed by atoms with Gasteiger partial charge in [-0.15, -0.1) is 0 Å². The van der Waals surface area contributed by atoms with Gasteiger partial charge >= 0.3 is 0 Å². The van der Waals surface area contributed by atoms with Gasteiger partial charge in [0.15, 0.2) is 22.8 Å². The van der Waals surface area contributed by atoms with Crippen LogP contribution in [-0.4, -0.2) is 22.8 Å². The standard InChI is InChI=1S/C14H16O3/c1-12-8-5-4-7(6-8)9(12)10(15)13(2)14(3,17-13)11(12)16/h4-5,7-9H,6H2,1-3H3. The summed E-state index contributed by atoms with van der Waals surface area (Å²) in [5.41, 5.74) is -2.21. The molecule has 0 amide bonds. The first-order chi connectivity index (χ1) is 7.85. The first kappa shape index (κ1) is 10.0. The van der Waals surface area contributed by atoms with Gasteiger partial charge in [0.1, 0.15) is 0 Å². The van der Waals surface area contributed by atoms with Crippen molar-refractivity contribution in [1.29, 1.82) is 0 Å². The van der Waals surface area contributed by atoms with Gasteiger partial charge in [-0.2, -0.15) is 0 Å². The van der Waals surface area contributed by atoms with Gasteiger partial charge in [0, 0.05) is 11.3 Å². The van der Waals surface area contributed by atoms with E-state index in [0.29, 0.717) is 0 Å². The highest BCUT2D eigenvalue weighted by atomic mass is 16.6. The van der Waals surface area contributed by atoms with Crippen LogP contribution in [0, 0.1) is 23.2 Å². The van der Waals surface area contributed by atoms with Gasteiger partial charge in [-0.05, 0) is 32.1 Å². The zero-order valence-corrected chi connectivity index (χ0v) is 10.3. The monoisotopic (exact) mass is 232 g/mol. The fourth-order valence-electron chi connectivity index (χ4n) is 4.61. The maximum atomic E-state index is 12.7. The first-order valence-electron chi connectivity index (χ1n) is 6.33. The van der Waals surface area contributed by atoms with Crippen LogP contribution < -0.4 is 0 Å². The maximum absolute atomic E-state index is 12.7. The van der Waals surface area contributed by atoms with Crippen LogP contribution >= 0.6 is 0 Å². The molecule has 3 fully saturated rings. The van der Waals surface area contributed by atoms with Crippen LogP contribution in [0.15, 0.2) is 12.2 Å². The third-order valence-corrected chi connectivity index (χ3v) is 5.91. The lowest BCUT2D eigenvalue weighted by atomic mass is 9.56. The molecule has 90 valence electrons. The van der Waals surface area contributed by atoms with Crippen molar-refractivity contribution < 1.29 is 14.3 Å². The Balaban J connectivity index is 1.94. The largest absolute Gasteiger partial charge is 0.346 e. The zero-order chi connectivity index (χ0) is 12.2. The summed E-state index contributed by atoms with van der Waals surface area (Å²) in [5, 5.41) is 0. The quantitative estimate of drug-likeness (QED) is 0.470. The number of carbonyl (C=O) groups excluding carboxylic acids is 2. The van der Waals surface area contributed by atoms with E-state index in [9.17, 15) is 9.59 Å². The number of epoxide rings is 1. The van der Waals surface area contributed by atoms with Crippen LogP contribution in [0.2, 0.25) is 0 Å². The topological polar surface area (TPSA) is 46.7 Å². The molecule has 17 heavy (non-hydrogen) atoms. The van der Waals surface area contributed by atoms with Crippen LogP contribution in [0.5, 0.6) is 0 Å². The molecular formula is C14H16O3. The average molecular weight is 232 g/mol. The van der Waals surface area contributed by atoms with Gasteiger partial charge in [-0.1, -0.05) is 19.1 Å². The van der Waals surface area contributed by atoms with E-state index in [2.05, 4.69) is 12.2 Å². The molecule has 0 N–H and O–H groups in total. The molecule has 1 saturated heterocycles. The van der Waals surface area contributed by atoms with Gasteiger partial charge < -0.3 is 4.74 Å². The van der Waals surface area contributed by atoms with E-state index < -0.39 is 16.6 Å². The normalized spacial score (nSPS) is 62.6. The molecule has 3 nitrogen and oxygen atoms in total. The Labute approximate surface area is 100 Å². The highest BCUT2D eigenvalue weighted by Gasteiger charge is 2.83. The predicted octanol–water partition coefficient (Wildman–Crippen LogP) is 1.51. The van der Waals surface area contributed by atoms with Crippen molar-refractivity contribution in [3.63, 3.8) is 0 Å². The lowest BCUT2D eigenvalue weighted by Crippen LogP contribution is -2.58. The molecule has 1 aliphatic heterocycles. The Morgan fingerprint density at radius 2 is 1.88 bits per heavy atom. The van der Waals surface area contributed by atoms with Gasteiger partial charge in [0.2, 0.25) is 0 Å². The minimum absolute atomic E-state index is 0.147. The third kappa shape index (κ3) is 0.734. The molecule has 6 atom stereocenters. The van der Waals surface area contributed by atoms with Crippen molar-refractivity contribution in [2.24, 2.45) is 23.2 Å². The summed E-state index contributed by atoms with van der Waals surface area (Å²) in [6, 6.07) is 0. The summed E-state index contributed by atoms with van der Waals surface area (Å²) in [6.07, 6.45) is 5.21. The predicted molar refractivity (Wildman–Crippen MR) is 60.2 cm³/mol. The highest BCUT2D eigenvalue weighted by Crippen LogP contribution is 2.68. The van der Waals surface area contributed by atoms with Gasteiger partial charge in [-0.25, -0.2) is 0 Å². The number of Topliss-reactive ketones (excluding diaryl/α,β-unsaturated/α-hetero) is 2. The van der Waals surface area contributed by atoms with E-state index in [1.54, 1.807) is 13.8 Å². The number of hydrogen-bond acceptors (Lipinski definition) is 3. The van der Waals surface area contributed by atoms with E-state index in [1.807, 2.05) is 6.92 Å². The van der Waals surface area contributed by atoms with Crippen molar-refractivity contribution >= 4 is 11.6 Å². The number of allylic oxidation sites excluding steroid dienone is 2. The molecule has 3 aliphatic carbocycles. The number of ether oxygens (including phenoxy) is 1. The highest BCUT2D eigenvalue weighted by molar-refractivity contribution is 6.14. The summed E-state index contributed by atoms with van der Waals surface area (Å²) in [7, 11) is 0. The van der Waals surface area contributed by atoms with Crippen molar-refractivity contribution in [3.05, 3.63) is 12.2 Å². The smallest absolute Gasteiger partial charge is 0.175 e. The molecule has 0 aromatic rings. The van der Waals surface area contributed by atoms with Gasteiger partial charge in [-0.3, -0.25) is 9.59 Å². The molecule has 3 heteroatoms. The van der Waals surface area contributed by atoms with Crippen LogP contribution in [0.1, 0.15) is 27.2 Å². The summed E-state index contributed by atoms with van der Waals surface area (Å²) >= 11 is 0. The minimum Gasteiger partial charge on any atom is -0.346 e. The molecule has 0 radical (unpaired) electrons. The van der Waals surface area contributed by atoms with E-state index in [0.717, 1.165) is 6.42 Å². The molecule has 6 unspecified atom stereocenters. The Kier molecular flexibility index (Phi) is 1.34. The average Bonchev–Trinajstić information content (AvgIpc) is 2.69. The molecular weight excluding hydrogens is 216 g/mol. The van der Waals surface area contributed by atoms with Crippen molar-refractivity contribution in [2.45, 2.75) is 38.4 Å². The Hall–Kier alpha value is -0.960. The van der Waals surface area contributed by atoms with Crippen LogP contribution in [0.25, 0.3) is 0 Å². The molecule has 4 rings (SSSR count). The molecule has 2 saturated carbocycles. The van der Waals surface area contributed by atoms with E-state index in [1.165, 1.54) is 0 Å². The number of carbonyl (C=O) groups is 2. The molecule has 1 heterocycles. The van der Waals surface area contributed by atoms with Crippen molar-refractivity contribution in [2.75, 3.05) is 0 Å². The number of rotatable bonds is 0. The van der Waals surface area contributed by atoms with Gasteiger partial charge in [0.05, 0.1) is 0 Å². The molecule has 0 spiro atoms. The molecule has 0 aromatic heterocycles. The second kappa shape index (κ2) is 2.28. The van der Waals surface area contributed by atoms with E-state index >= 15 is 0 Å². The summed E-state index contributed by atoms with van der Waals surface area (Å²) in [6.45, 7) is 5.53. The third-order valence-electron chi connectivity index (χ3n) is 5.91. The first-order valence-corrected chi connectivity index (χ1v) is 6.33. The Bertz CT molecular complexity index is 508. The molecule has 0 aromatic carbocycles. The van der Waals surface area contributed by atoms with Gasteiger partial charge in [0.25, 0.3) is 0 Å². The van der Waals surface area contributed by atoms with Crippen molar-refractivity contribution in [3.8, 4) is 0 Å². The SMILES string of the molecule is CC12C(=O)C3(C)OC3(C)C(=O)C1C1C=CC2C1. The summed E-state index contributed by atoms with van der Waals surface area (Å²) in [5.74, 6) is 0.644. The minimum atomic E-state index is -0.854. The fraction of sp³-hybridized carbons (Fsp3) is 0.714. The fourth-order valence-corrected chi connectivity index (χ4v) is 4.61. The Morgan fingerprint density at radius 3 is 2.59 bits per heavy atom. The lowest BCUT2D eigenvalue weighted by Gasteiger charge is -2.42. The number of ketones is 2. The van der Waals surface area contributed by atoms with Crippen LogP contribution in [0.4, 0.5) is 0 Å². The summed E-state index contributed by atoms with van der Waals surface area (Å²) < 4.78 is 5.58. The van der Waals surface area contributed by atoms with E-state index in [4.69, 9.17) is 4.74 Å². The Morgan fingerprint density at radius 1 is 1.18 bits per heavy atom. The summed E-state index contributed by atoms with van der Waals surface area (Å²) in [4.78, 5) is 25.3. The lowest BCUT2D eigenvalue weighted by molar-refractivity contribution is -0.147. The number of hydrogen-bond donors (Lipinski definition) is 0. The number of fused-ring (bicyclic) bond motifs is 6. The second-order valence-corrected chi connectivity index (χ2v) is 6.51. The second-order valence-electron chi connectivity index (χ2n) is 6.51. The van der Waals surface area contributed by atoms with Crippen molar-refractivity contribution in [1.82, 2.24) is 0 Å². The molecule has 2 bridgehead atoms.